The van der Waals surface area contributed by atoms with E-state index in [0.29, 0.717) is 10.2 Å². The van der Waals surface area contributed by atoms with Crippen LogP contribution in [0.2, 0.25) is 0 Å². The highest BCUT2D eigenvalue weighted by molar-refractivity contribution is 9.10. The molecular weight excluding hydrogens is 336 g/mol. The number of hydrogen-bond donors (Lipinski definition) is 3. The summed E-state index contributed by atoms with van der Waals surface area (Å²) in [5.41, 5.74) is 6.06. The van der Waals surface area contributed by atoms with E-state index in [1.807, 2.05) is 0 Å². The zero-order valence-electron chi connectivity index (χ0n) is 11.6. The van der Waals surface area contributed by atoms with E-state index in [2.05, 4.69) is 31.4 Å². The van der Waals surface area contributed by atoms with Gasteiger partial charge in [0.2, 0.25) is 0 Å². The summed E-state index contributed by atoms with van der Waals surface area (Å²) in [7, 11) is 0. The molecule has 1 aliphatic rings. The van der Waals surface area contributed by atoms with E-state index in [4.69, 9.17) is 10.9 Å². The van der Waals surface area contributed by atoms with Crippen LogP contribution in [0.3, 0.4) is 0 Å². The maximum Gasteiger partial charge on any atom is 0.271 e. The van der Waals surface area contributed by atoms with Gasteiger partial charge in [-0.3, -0.25) is 4.79 Å². The van der Waals surface area contributed by atoms with Crippen LogP contribution in [0.5, 0.6) is 0 Å². The van der Waals surface area contributed by atoms with Crippen LogP contribution in [0.15, 0.2) is 28.0 Å². The Kier molecular flexibility index (Phi) is 5.55. The molecule has 1 amide bonds. The van der Waals surface area contributed by atoms with Gasteiger partial charge in [-0.1, -0.05) is 24.4 Å². The Morgan fingerprint density at radius 1 is 1.48 bits per heavy atom. The van der Waals surface area contributed by atoms with Crippen molar-refractivity contribution < 1.29 is 10.0 Å². The van der Waals surface area contributed by atoms with Crippen LogP contribution in [0, 0.1) is 5.92 Å². The summed E-state index contributed by atoms with van der Waals surface area (Å²) in [5, 5.41) is 14.9. The van der Waals surface area contributed by atoms with E-state index in [0.717, 1.165) is 25.7 Å². The lowest BCUT2D eigenvalue weighted by Crippen LogP contribution is -2.50. The Balaban J connectivity index is 2.15. The average molecular weight is 355 g/mol. The molecule has 1 saturated carbocycles. The summed E-state index contributed by atoms with van der Waals surface area (Å²) in [6.07, 6.45) is 6.87. The highest BCUT2D eigenvalue weighted by Gasteiger charge is 2.29. The van der Waals surface area contributed by atoms with Gasteiger partial charge in [-0.2, -0.15) is 0 Å². The number of carbonyl (C=O) groups is 1. The molecule has 0 radical (unpaired) electrons. The van der Waals surface area contributed by atoms with Gasteiger partial charge < -0.3 is 16.3 Å². The third-order valence-corrected chi connectivity index (χ3v) is 4.46. The van der Waals surface area contributed by atoms with Crippen LogP contribution < -0.4 is 11.1 Å². The molecule has 0 bridgehead atoms. The smallest absolute Gasteiger partial charge is 0.271 e. The molecule has 1 atom stereocenters. The predicted octanol–water partition coefficient (Wildman–Crippen LogP) is 2.27. The third kappa shape index (κ3) is 3.93. The van der Waals surface area contributed by atoms with Crippen molar-refractivity contribution in [3.8, 4) is 0 Å². The van der Waals surface area contributed by atoms with Gasteiger partial charge in [-0.05, 0) is 46.8 Å². The normalized spacial score (nSPS) is 18.2. The van der Waals surface area contributed by atoms with Gasteiger partial charge in [0.05, 0.1) is 6.04 Å². The molecule has 1 unspecified atom stereocenters. The molecule has 2 rings (SSSR count). The first-order chi connectivity index (χ1) is 10.1. The zero-order valence-corrected chi connectivity index (χ0v) is 13.2. The summed E-state index contributed by atoms with van der Waals surface area (Å²) in [5.74, 6) is -0.0898. The fraction of sp³-hybridized carbons (Fsp3) is 0.500. The van der Waals surface area contributed by atoms with Crippen LogP contribution in [0.25, 0.3) is 0 Å². The minimum Gasteiger partial charge on any atom is -0.409 e. The molecule has 6 nitrogen and oxygen atoms in total. The minimum absolute atomic E-state index is 0.0438. The van der Waals surface area contributed by atoms with E-state index in [-0.39, 0.29) is 17.7 Å². The van der Waals surface area contributed by atoms with Crippen molar-refractivity contribution in [2.24, 2.45) is 16.8 Å². The van der Waals surface area contributed by atoms with E-state index < -0.39 is 6.04 Å². The highest BCUT2D eigenvalue weighted by atomic mass is 79.9. The lowest BCUT2D eigenvalue weighted by Gasteiger charge is -2.29. The van der Waals surface area contributed by atoms with E-state index >= 15 is 0 Å². The highest BCUT2D eigenvalue weighted by Crippen LogP contribution is 2.27. The topological polar surface area (TPSA) is 101 Å². The standard InChI is InChI=1S/C14H19BrN4O2/c15-10-7-4-8-17-12(10)14(20)18-11(13(16)19-21)9-5-2-1-3-6-9/h4,7-9,11,21H,1-3,5-6H2,(H2,16,19)(H,18,20). The molecule has 1 aromatic heterocycles. The number of rotatable bonds is 4. The molecule has 4 N–H and O–H groups in total. The Bertz CT molecular complexity index is 529. The van der Waals surface area contributed by atoms with Crippen molar-refractivity contribution in [2.45, 2.75) is 38.1 Å². The number of carbonyl (C=O) groups excluding carboxylic acids is 1. The second kappa shape index (κ2) is 7.40. The Labute approximate surface area is 131 Å². The van der Waals surface area contributed by atoms with Gasteiger partial charge in [-0.25, -0.2) is 4.98 Å². The zero-order chi connectivity index (χ0) is 15.2. The van der Waals surface area contributed by atoms with Crippen LogP contribution in [-0.2, 0) is 0 Å². The van der Waals surface area contributed by atoms with Crippen molar-refractivity contribution in [2.75, 3.05) is 0 Å². The molecule has 0 spiro atoms. The molecule has 114 valence electrons. The molecule has 7 heteroatoms. The van der Waals surface area contributed by atoms with Crippen LogP contribution in [0.4, 0.5) is 0 Å². The number of amides is 1. The first-order valence-electron chi connectivity index (χ1n) is 7.02. The number of pyridine rings is 1. The molecule has 21 heavy (non-hydrogen) atoms. The molecule has 0 aliphatic heterocycles. The fourth-order valence-electron chi connectivity index (χ4n) is 2.73. The largest absolute Gasteiger partial charge is 0.409 e. The lowest BCUT2D eigenvalue weighted by molar-refractivity contribution is 0.0924. The molecule has 1 fully saturated rings. The van der Waals surface area contributed by atoms with Crippen molar-refractivity contribution in [3.63, 3.8) is 0 Å². The van der Waals surface area contributed by atoms with Gasteiger partial charge in [0, 0.05) is 10.7 Å². The van der Waals surface area contributed by atoms with E-state index in [9.17, 15) is 4.79 Å². The molecule has 0 aromatic carbocycles. The Morgan fingerprint density at radius 2 is 2.19 bits per heavy atom. The van der Waals surface area contributed by atoms with Crippen LogP contribution >= 0.6 is 15.9 Å². The third-order valence-electron chi connectivity index (χ3n) is 3.82. The molecule has 0 saturated heterocycles. The number of hydrogen-bond acceptors (Lipinski definition) is 4. The van der Waals surface area contributed by atoms with Gasteiger partial charge in [0.1, 0.15) is 5.69 Å². The summed E-state index contributed by atoms with van der Waals surface area (Å²) in [6.45, 7) is 0. The first kappa shape index (κ1) is 15.8. The van der Waals surface area contributed by atoms with Crippen molar-refractivity contribution in [1.29, 1.82) is 0 Å². The van der Waals surface area contributed by atoms with Gasteiger partial charge in [0.25, 0.3) is 5.91 Å². The number of nitrogens with zero attached hydrogens (tertiary/aromatic N) is 2. The number of halogens is 1. The minimum atomic E-state index is -0.461. The number of oxime groups is 1. The lowest BCUT2D eigenvalue weighted by atomic mass is 9.83. The number of nitrogens with two attached hydrogens (primary N) is 1. The average Bonchev–Trinajstić information content (AvgIpc) is 2.53. The summed E-state index contributed by atoms with van der Waals surface area (Å²) >= 11 is 3.30. The second-order valence-electron chi connectivity index (χ2n) is 5.21. The van der Waals surface area contributed by atoms with Gasteiger partial charge in [-0.15, -0.1) is 0 Å². The SMILES string of the molecule is N/C(=N/O)C(NC(=O)c1ncccc1Br)C1CCCCC1. The second-order valence-corrected chi connectivity index (χ2v) is 6.06. The summed E-state index contributed by atoms with van der Waals surface area (Å²) in [6, 6.07) is 3.03. The van der Waals surface area contributed by atoms with Crippen molar-refractivity contribution >= 4 is 27.7 Å². The number of amidine groups is 1. The Morgan fingerprint density at radius 3 is 2.81 bits per heavy atom. The molecule has 1 aromatic rings. The molecule has 1 aliphatic carbocycles. The quantitative estimate of drug-likeness (QED) is 0.334. The number of nitrogens with one attached hydrogen (secondary N) is 1. The summed E-state index contributed by atoms with van der Waals surface area (Å²) < 4.78 is 0.615. The van der Waals surface area contributed by atoms with E-state index in [1.165, 1.54) is 6.42 Å². The van der Waals surface area contributed by atoms with Gasteiger partial charge in [0.15, 0.2) is 5.84 Å². The van der Waals surface area contributed by atoms with Crippen molar-refractivity contribution in [1.82, 2.24) is 10.3 Å². The van der Waals surface area contributed by atoms with E-state index in [1.54, 1.807) is 18.3 Å². The Hall–Kier alpha value is -1.63. The molecular formula is C14H19BrN4O2. The number of aromatic nitrogens is 1. The maximum atomic E-state index is 12.3. The first-order valence-corrected chi connectivity index (χ1v) is 7.81. The maximum absolute atomic E-state index is 12.3. The molecule has 1 heterocycles. The van der Waals surface area contributed by atoms with Crippen molar-refractivity contribution in [3.05, 3.63) is 28.5 Å². The monoisotopic (exact) mass is 354 g/mol. The summed E-state index contributed by atoms with van der Waals surface area (Å²) in [4.78, 5) is 16.4. The van der Waals surface area contributed by atoms with Gasteiger partial charge >= 0.3 is 0 Å². The predicted molar refractivity (Wildman–Crippen MR) is 83.2 cm³/mol. The van der Waals surface area contributed by atoms with Crippen LogP contribution in [0.1, 0.15) is 42.6 Å². The fourth-order valence-corrected chi connectivity index (χ4v) is 3.16. The van der Waals surface area contributed by atoms with Crippen LogP contribution in [-0.4, -0.2) is 28.0 Å².